The number of nitrogens with one attached hydrogen (secondary N) is 2. The number of esters is 1. The zero-order valence-electron chi connectivity index (χ0n) is 13.6. The maximum absolute atomic E-state index is 12.8. The van der Waals surface area contributed by atoms with Crippen molar-refractivity contribution in [1.29, 1.82) is 0 Å². The predicted octanol–water partition coefficient (Wildman–Crippen LogP) is 0.964. The van der Waals surface area contributed by atoms with Crippen molar-refractivity contribution in [2.75, 3.05) is 13.2 Å². The van der Waals surface area contributed by atoms with Crippen LogP contribution >= 0.6 is 0 Å². The molecule has 0 atom stereocenters. The second-order valence-corrected chi connectivity index (χ2v) is 6.97. The lowest BCUT2D eigenvalue weighted by Gasteiger charge is -2.08. The Labute approximate surface area is 150 Å². The summed E-state index contributed by atoms with van der Waals surface area (Å²) >= 11 is 0. The lowest BCUT2D eigenvalue weighted by molar-refractivity contribution is -0.147. The largest absolute Gasteiger partial charge is 0.455 e. The monoisotopic (exact) mass is 380 g/mol. The Balaban J connectivity index is 1.73. The molecule has 7 nitrogen and oxygen atoms in total. The highest BCUT2D eigenvalue weighted by atomic mass is 32.2. The van der Waals surface area contributed by atoms with Crippen LogP contribution in [0.15, 0.2) is 59.5 Å². The summed E-state index contributed by atoms with van der Waals surface area (Å²) in [5.41, 5.74) is 0.888. The van der Waals surface area contributed by atoms with Crippen LogP contribution in [0.2, 0.25) is 0 Å². The Morgan fingerprint density at radius 1 is 1.00 bits per heavy atom. The molecule has 0 saturated heterocycles. The van der Waals surface area contributed by atoms with E-state index in [0.29, 0.717) is 0 Å². The Kier molecular flexibility index (Phi) is 6.81. The van der Waals surface area contributed by atoms with Crippen molar-refractivity contribution in [2.45, 2.75) is 11.4 Å². The molecule has 0 spiro atoms. The van der Waals surface area contributed by atoms with E-state index < -0.39 is 40.9 Å². The van der Waals surface area contributed by atoms with E-state index in [-0.39, 0.29) is 11.4 Å². The molecule has 2 N–H and O–H groups in total. The number of hydrogen-bond acceptors (Lipinski definition) is 5. The molecule has 0 aliphatic heterocycles. The highest BCUT2D eigenvalue weighted by Crippen LogP contribution is 2.09. The number of carbonyl (C=O) groups is 2. The summed E-state index contributed by atoms with van der Waals surface area (Å²) in [5.74, 6) is -2.00. The van der Waals surface area contributed by atoms with Crippen molar-refractivity contribution in [1.82, 2.24) is 10.0 Å². The molecule has 9 heteroatoms. The maximum Gasteiger partial charge on any atom is 0.321 e. The molecule has 0 saturated carbocycles. The van der Waals surface area contributed by atoms with Gasteiger partial charge in [0.25, 0.3) is 5.91 Å². The lowest BCUT2D eigenvalue weighted by Crippen LogP contribution is -2.33. The summed E-state index contributed by atoms with van der Waals surface area (Å²) in [4.78, 5) is 23.0. The second kappa shape index (κ2) is 9.07. The van der Waals surface area contributed by atoms with Crippen molar-refractivity contribution in [3.8, 4) is 0 Å². The topological polar surface area (TPSA) is 102 Å². The van der Waals surface area contributed by atoms with Gasteiger partial charge in [-0.25, -0.2) is 12.8 Å². The van der Waals surface area contributed by atoms with Crippen LogP contribution < -0.4 is 10.0 Å². The van der Waals surface area contributed by atoms with Gasteiger partial charge < -0.3 is 10.1 Å². The normalized spacial score (nSPS) is 11.0. The molecule has 0 aliphatic rings. The first-order chi connectivity index (χ1) is 12.4. The number of halogens is 1. The standard InChI is InChI=1S/C17H17FN2O5S/c18-14-6-8-15(9-7-14)26(23,24)20-11-17(22)25-12-16(21)19-10-13-4-2-1-3-5-13/h1-9,20H,10-12H2,(H,19,21). The Bertz CT molecular complexity index is 854. The molecular formula is C17H17FN2O5S. The average Bonchev–Trinajstić information content (AvgIpc) is 2.64. The van der Waals surface area contributed by atoms with Gasteiger partial charge in [0.05, 0.1) is 4.90 Å². The quantitative estimate of drug-likeness (QED) is 0.665. The SMILES string of the molecule is O=C(COC(=O)CNS(=O)(=O)c1ccc(F)cc1)NCc1ccccc1. The first-order valence-corrected chi connectivity index (χ1v) is 9.06. The molecule has 0 fully saturated rings. The fraction of sp³-hybridized carbons (Fsp3) is 0.176. The third-order valence-electron chi connectivity index (χ3n) is 3.23. The molecular weight excluding hydrogens is 363 g/mol. The number of ether oxygens (including phenoxy) is 1. The van der Waals surface area contributed by atoms with E-state index in [4.69, 9.17) is 4.74 Å². The number of rotatable bonds is 8. The second-order valence-electron chi connectivity index (χ2n) is 5.20. The summed E-state index contributed by atoms with van der Waals surface area (Å²) in [5, 5.41) is 2.57. The summed E-state index contributed by atoms with van der Waals surface area (Å²) in [6.07, 6.45) is 0. The van der Waals surface area contributed by atoms with Gasteiger partial charge in [-0.15, -0.1) is 0 Å². The van der Waals surface area contributed by atoms with E-state index in [2.05, 4.69) is 5.32 Å². The summed E-state index contributed by atoms with van der Waals surface area (Å²) < 4.78 is 43.4. The molecule has 26 heavy (non-hydrogen) atoms. The van der Waals surface area contributed by atoms with Crippen molar-refractivity contribution in [2.24, 2.45) is 0 Å². The van der Waals surface area contributed by atoms with Gasteiger partial charge in [0, 0.05) is 6.54 Å². The molecule has 1 amide bonds. The smallest absolute Gasteiger partial charge is 0.321 e. The van der Waals surface area contributed by atoms with Crippen LogP contribution in [-0.4, -0.2) is 33.4 Å². The van der Waals surface area contributed by atoms with Crippen LogP contribution in [0.3, 0.4) is 0 Å². The van der Waals surface area contributed by atoms with Gasteiger partial charge in [-0.05, 0) is 29.8 Å². The Hall–Kier alpha value is -2.78. The molecule has 0 aromatic heterocycles. The molecule has 0 radical (unpaired) electrons. The zero-order chi connectivity index (χ0) is 19.0. The predicted molar refractivity (Wildman–Crippen MR) is 90.8 cm³/mol. The van der Waals surface area contributed by atoms with Gasteiger partial charge in [0.1, 0.15) is 12.4 Å². The van der Waals surface area contributed by atoms with Gasteiger partial charge in [-0.3, -0.25) is 9.59 Å². The summed E-state index contributed by atoms with van der Waals surface area (Å²) in [6.45, 7) is -0.885. The summed E-state index contributed by atoms with van der Waals surface area (Å²) in [6, 6.07) is 13.3. The zero-order valence-corrected chi connectivity index (χ0v) is 14.5. The Morgan fingerprint density at radius 2 is 1.65 bits per heavy atom. The lowest BCUT2D eigenvalue weighted by atomic mass is 10.2. The molecule has 138 valence electrons. The third kappa shape index (κ3) is 6.26. The first kappa shape index (κ1) is 19.5. The molecule has 0 unspecified atom stereocenters. The number of sulfonamides is 1. The van der Waals surface area contributed by atoms with Crippen molar-refractivity contribution >= 4 is 21.9 Å². The van der Waals surface area contributed by atoms with Crippen LogP contribution in [-0.2, 0) is 30.9 Å². The average molecular weight is 380 g/mol. The maximum atomic E-state index is 12.8. The van der Waals surface area contributed by atoms with E-state index >= 15 is 0 Å². The number of carbonyl (C=O) groups excluding carboxylic acids is 2. The van der Waals surface area contributed by atoms with Crippen LogP contribution in [0.5, 0.6) is 0 Å². The fourth-order valence-corrected chi connectivity index (χ4v) is 2.86. The van der Waals surface area contributed by atoms with Crippen LogP contribution in [0.1, 0.15) is 5.56 Å². The van der Waals surface area contributed by atoms with Gasteiger partial charge in [-0.1, -0.05) is 30.3 Å². The molecule has 0 heterocycles. The van der Waals surface area contributed by atoms with Crippen LogP contribution in [0, 0.1) is 5.82 Å². The van der Waals surface area contributed by atoms with E-state index in [1.54, 1.807) is 0 Å². The van der Waals surface area contributed by atoms with E-state index in [1.165, 1.54) is 0 Å². The summed E-state index contributed by atoms with van der Waals surface area (Å²) in [7, 11) is -3.97. The van der Waals surface area contributed by atoms with Crippen molar-refractivity contribution < 1.29 is 27.1 Å². The highest BCUT2D eigenvalue weighted by molar-refractivity contribution is 7.89. The van der Waals surface area contributed by atoms with Gasteiger partial charge in [0.2, 0.25) is 10.0 Å². The van der Waals surface area contributed by atoms with Gasteiger partial charge in [0.15, 0.2) is 6.61 Å². The Morgan fingerprint density at radius 3 is 2.31 bits per heavy atom. The van der Waals surface area contributed by atoms with Crippen molar-refractivity contribution in [3.05, 3.63) is 66.0 Å². The number of benzene rings is 2. The number of hydrogen-bond donors (Lipinski definition) is 2. The van der Waals surface area contributed by atoms with Crippen LogP contribution in [0.4, 0.5) is 4.39 Å². The van der Waals surface area contributed by atoms with Crippen molar-refractivity contribution in [3.63, 3.8) is 0 Å². The highest BCUT2D eigenvalue weighted by Gasteiger charge is 2.16. The minimum absolute atomic E-state index is 0.188. The molecule has 2 rings (SSSR count). The minimum Gasteiger partial charge on any atom is -0.455 e. The van der Waals surface area contributed by atoms with Gasteiger partial charge in [-0.2, -0.15) is 4.72 Å². The third-order valence-corrected chi connectivity index (χ3v) is 4.64. The number of amides is 1. The van der Waals surface area contributed by atoms with Crippen LogP contribution in [0.25, 0.3) is 0 Å². The fourth-order valence-electron chi connectivity index (χ4n) is 1.90. The molecule has 2 aromatic rings. The van der Waals surface area contributed by atoms with E-state index in [1.807, 2.05) is 35.1 Å². The van der Waals surface area contributed by atoms with Gasteiger partial charge >= 0.3 is 5.97 Å². The molecule has 0 aliphatic carbocycles. The van der Waals surface area contributed by atoms with E-state index in [0.717, 1.165) is 29.8 Å². The first-order valence-electron chi connectivity index (χ1n) is 7.58. The molecule has 2 aromatic carbocycles. The molecule has 0 bridgehead atoms. The van der Waals surface area contributed by atoms with E-state index in [9.17, 15) is 22.4 Å². The minimum atomic E-state index is -3.97.